The fourth-order valence-corrected chi connectivity index (χ4v) is 7.48. The van der Waals surface area contributed by atoms with E-state index < -0.39 is 5.16 Å². The number of para-hydroxylation sites is 1. The number of nitrogens with one attached hydrogen (secondary N) is 1. The van der Waals surface area contributed by atoms with Gasteiger partial charge in [0.1, 0.15) is 10.8 Å². The largest absolute Gasteiger partial charge is 0.507 e. The fourth-order valence-electron chi connectivity index (χ4n) is 3.83. The number of carbonyl (C=O) groups excluding carboxylic acids is 1. The number of aromatic hydroxyl groups is 1. The Morgan fingerprint density at radius 3 is 2.90 bits per heavy atom. The number of phenols is 1. The zero-order valence-electron chi connectivity index (χ0n) is 17.2. The molecule has 0 spiro atoms. The molecular weight excluding hydrogens is 446 g/mol. The lowest BCUT2D eigenvalue weighted by atomic mass is 10.0. The highest BCUT2D eigenvalue weighted by molar-refractivity contribution is 8.14. The number of benzene rings is 1. The molecule has 7 nitrogen and oxygen atoms in total. The second-order valence-electron chi connectivity index (χ2n) is 7.94. The molecular formula is C21H24N5O2S2Si. The molecule has 4 rings (SSSR count). The molecule has 0 aromatic heterocycles. The molecule has 3 aliphatic heterocycles. The van der Waals surface area contributed by atoms with Gasteiger partial charge in [-0.05, 0) is 19.2 Å². The molecule has 1 fully saturated rings. The van der Waals surface area contributed by atoms with Gasteiger partial charge in [-0.25, -0.2) is 0 Å². The van der Waals surface area contributed by atoms with Crippen LogP contribution in [-0.4, -0.2) is 78.5 Å². The Bertz CT molecular complexity index is 959. The van der Waals surface area contributed by atoms with Crippen LogP contribution in [0.5, 0.6) is 5.75 Å². The number of hydrogen-bond acceptors (Lipinski definition) is 8. The molecule has 0 saturated carbocycles. The average molecular weight is 471 g/mol. The molecule has 10 heteroatoms. The predicted molar refractivity (Wildman–Crippen MR) is 127 cm³/mol. The number of terminal acetylenes is 1. The number of rotatable bonds is 8. The van der Waals surface area contributed by atoms with Crippen LogP contribution < -0.4 is 5.32 Å². The first kappa shape index (κ1) is 22.4. The van der Waals surface area contributed by atoms with Crippen LogP contribution in [0.3, 0.4) is 0 Å². The van der Waals surface area contributed by atoms with E-state index >= 15 is 0 Å². The Balaban J connectivity index is 1.34. The molecule has 0 aliphatic carbocycles. The van der Waals surface area contributed by atoms with E-state index in [2.05, 4.69) is 36.6 Å². The van der Waals surface area contributed by atoms with Gasteiger partial charge in [-0.3, -0.25) is 14.7 Å². The van der Waals surface area contributed by atoms with Crippen molar-refractivity contribution in [2.24, 2.45) is 15.2 Å². The van der Waals surface area contributed by atoms with Crippen LogP contribution in [-0.2, 0) is 4.79 Å². The van der Waals surface area contributed by atoms with E-state index in [0.717, 1.165) is 22.8 Å². The quantitative estimate of drug-likeness (QED) is 0.449. The summed E-state index contributed by atoms with van der Waals surface area (Å²) in [6.45, 7) is 0.528. The van der Waals surface area contributed by atoms with Crippen LogP contribution in [0.2, 0.25) is 0 Å². The van der Waals surface area contributed by atoms with E-state index in [1.807, 2.05) is 19.2 Å². The second-order valence-corrected chi connectivity index (χ2v) is 10.9. The van der Waals surface area contributed by atoms with Gasteiger partial charge in [0, 0.05) is 42.9 Å². The first-order valence-corrected chi connectivity index (χ1v) is 12.7. The third kappa shape index (κ3) is 4.70. The SMILES string of the molecule is C#CCCC1(CCNC(=O)[C@H]2CS[C@H]([C@]3([Si])CSC(c4ccccc4O)=N3)N2C)N=N1. The van der Waals surface area contributed by atoms with Crippen molar-refractivity contribution in [3.05, 3.63) is 29.8 Å². The molecule has 1 aromatic carbocycles. The highest BCUT2D eigenvalue weighted by atomic mass is 32.2. The van der Waals surface area contributed by atoms with Crippen LogP contribution in [0.4, 0.5) is 0 Å². The minimum Gasteiger partial charge on any atom is -0.507 e. The normalized spacial score (nSPS) is 28.9. The summed E-state index contributed by atoms with van der Waals surface area (Å²) in [6, 6.07) is 7.00. The van der Waals surface area contributed by atoms with Gasteiger partial charge in [0.2, 0.25) is 5.91 Å². The summed E-state index contributed by atoms with van der Waals surface area (Å²) in [5.74, 6) is 4.28. The number of carbonyl (C=O) groups is 1. The zero-order chi connectivity index (χ0) is 22.1. The van der Waals surface area contributed by atoms with Crippen molar-refractivity contribution >= 4 is 44.7 Å². The lowest BCUT2D eigenvalue weighted by Crippen LogP contribution is -2.52. The summed E-state index contributed by atoms with van der Waals surface area (Å²) in [5, 5.41) is 21.7. The van der Waals surface area contributed by atoms with E-state index in [0.29, 0.717) is 25.1 Å². The third-order valence-corrected chi connectivity index (χ3v) is 9.47. The summed E-state index contributed by atoms with van der Waals surface area (Å²) in [5.41, 5.74) is 0.357. The van der Waals surface area contributed by atoms with Crippen molar-refractivity contribution < 1.29 is 9.90 Å². The maximum Gasteiger partial charge on any atom is 0.238 e. The number of likely N-dealkylation sites (N-methyl/N-ethyl adjacent to an activating group) is 1. The lowest BCUT2D eigenvalue weighted by Gasteiger charge is -2.33. The molecule has 1 amide bonds. The topological polar surface area (TPSA) is 89.6 Å². The predicted octanol–water partition coefficient (Wildman–Crippen LogP) is 2.21. The van der Waals surface area contributed by atoms with Gasteiger partial charge in [-0.15, -0.1) is 35.9 Å². The Morgan fingerprint density at radius 2 is 2.19 bits per heavy atom. The smallest absolute Gasteiger partial charge is 0.238 e. The molecule has 2 N–H and O–H groups in total. The Labute approximate surface area is 194 Å². The van der Waals surface area contributed by atoms with Crippen LogP contribution in [0.15, 0.2) is 39.5 Å². The summed E-state index contributed by atoms with van der Waals surface area (Å²) in [7, 11) is 5.87. The average Bonchev–Trinajstić information content (AvgIpc) is 3.23. The molecule has 3 heterocycles. The van der Waals surface area contributed by atoms with E-state index in [1.54, 1.807) is 35.7 Å². The van der Waals surface area contributed by atoms with Crippen LogP contribution in [0.25, 0.3) is 0 Å². The maximum atomic E-state index is 12.8. The number of amides is 1. The van der Waals surface area contributed by atoms with E-state index in [9.17, 15) is 9.90 Å². The first-order valence-electron chi connectivity index (χ1n) is 10.1. The Hall–Kier alpha value is -1.80. The van der Waals surface area contributed by atoms with Crippen molar-refractivity contribution in [2.45, 2.75) is 41.5 Å². The summed E-state index contributed by atoms with van der Waals surface area (Å²) < 4.78 is 0. The molecule has 0 bridgehead atoms. The molecule has 161 valence electrons. The molecule has 3 atom stereocenters. The van der Waals surface area contributed by atoms with Crippen molar-refractivity contribution in [2.75, 3.05) is 25.1 Å². The van der Waals surface area contributed by atoms with Crippen LogP contribution >= 0.6 is 23.5 Å². The first-order chi connectivity index (χ1) is 14.9. The molecule has 0 unspecified atom stereocenters. The standard InChI is InChI=1S/C21H24N5O2S2Si/c1-3-4-9-20(24-25-20)10-11-22-17(28)15-12-29-19(26(15)2)21(31)13-30-18(23-21)14-7-5-6-8-16(14)27/h1,5-8,15,19,27H,4,9-13H2,2H3,(H,22,28)/t15-,19-,21-/m1/s1. The van der Waals surface area contributed by atoms with Gasteiger partial charge in [-0.2, -0.15) is 10.2 Å². The molecule has 1 aromatic rings. The maximum absolute atomic E-state index is 12.8. The minimum atomic E-state index is -0.526. The number of aliphatic imine (C=N–C) groups is 1. The molecule has 3 radical (unpaired) electrons. The highest BCUT2D eigenvalue weighted by Crippen LogP contribution is 2.42. The van der Waals surface area contributed by atoms with Gasteiger partial charge in [0.25, 0.3) is 0 Å². The summed E-state index contributed by atoms with van der Waals surface area (Å²) in [6.07, 6.45) is 7.38. The van der Waals surface area contributed by atoms with Gasteiger partial charge < -0.3 is 10.4 Å². The monoisotopic (exact) mass is 470 g/mol. The molecule has 1 saturated heterocycles. The van der Waals surface area contributed by atoms with E-state index in [4.69, 9.17) is 11.4 Å². The fraction of sp³-hybridized carbons (Fsp3) is 0.524. The molecule has 3 aliphatic rings. The Kier molecular flexibility index (Phi) is 6.49. The third-order valence-electron chi connectivity index (χ3n) is 5.73. The second kappa shape index (κ2) is 8.98. The number of nitrogens with zero attached hydrogens (tertiary/aromatic N) is 4. The Morgan fingerprint density at radius 1 is 1.42 bits per heavy atom. The highest BCUT2D eigenvalue weighted by Gasteiger charge is 2.48. The lowest BCUT2D eigenvalue weighted by molar-refractivity contribution is -0.125. The summed E-state index contributed by atoms with van der Waals surface area (Å²) >= 11 is 3.33. The minimum absolute atomic E-state index is 0.00572. The number of thioether (sulfide) groups is 2. The summed E-state index contributed by atoms with van der Waals surface area (Å²) in [4.78, 5) is 19.8. The van der Waals surface area contributed by atoms with Crippen molar-refractivity contribution in [1.29, 1.82) is 0 Å². The van der Waals surface area contributed by atoms with Crippen LogP contribution in [0.1, 0.15) is 24.8 Å². The molecule has 31 heavy (non-hydrogen) atoms. The number of hydrogen-bond donors (Lipinski definition) is 2. The van der Waals surface area contributed by atoms with E-state index in [-0.39, 0.29) is 28.7 Å². The van der Waals surface area contributed by atoms with Crippen molar-refractivity contribution in [1.82, 2.24) is 10.2 Å². The van der Waals surface area contributed by atoms with Gasteiger partial charge in [-0.1, -0.05) is 12.1 Å². The number of phenolic OH excluding ortho intramolecular Hbond substituents is 1. The van der Waals surface area contributed by atoms with Gasteiger partial charge in [0.05, 0.1) is 26.8 Å². The zero-order valence-corrected chi connectivity index (χ0v) is 19.9. The van der Waals surface area contributed by atoms with E-state index in [1.165, 1.54) is 0 Å². The van der Waals surface area contributed by atoms with Crippen molar-refractivity contribution in [3.63, 3.8) is 0 Å². The van der Waals surface area contributed by atoms with Gasteiger partial charge in [0.15, 0.2) is 5.66 Å². The van der Waals surface area contributed by atoms with Crippen LogP contribution in [0, 0.1) is 12.3 Å². The van der Waals surface area contributed by atoms with Crippen molar-refractivity contribution in [3.8, 4) is 18.1 Å². The van der Waals surface area contributed by atoms with Gasteiger partial charge >= 0.3 is 0 Å².